The van der Waals surface area contributed by atoms with Crippen LogP contribution in [0.4, 0.5) is 11.5 Å². The quantitative estimate of drug-likeness (QED) is 0.489. The van der Waals surface area contributed by atoms with E-state index in [0.29, 0.717) is 11.4 Å². The highest BCUT2D eigenvalue weighted by Crippen LogP contribution is 2.33. The molecule has 0 spiro atoms. The van der Waals surface area contributed by atoms with Crippen LogP contribution in [0.3, 0.4) is 0 Å². The number of benzene rings is 1. The molecule has 0 aliphatic heterocycles. The van der Waals surface area contributed by atoms with Crippen LogP contribution >= 0.6 is 0 Å². The number of rotatable bonds is 4. The number of ether oxygens (including phenoxy) is 1. The number of nitro groups is 1. The highest BCUT2D eigenvalue weighted by molar-refractivity contribution is 5.52. The van der Waals surface area contributed by atoms with E-state index in [4.69, 9.17) is 10.6 Å². The predicted octanol–water partition coefficient (Wildman–Crippen LogP) is 1.77. The Morgan fingerprint density at radius 1 is 1.42 bits per heavy atom. The van der Waals surface area contributed by atoms with Gasteiger partial charge in [-0.15, -0.1) is 0 Å². The zero-order chi connectivity index (χ0) is 13.8. The fourth-order valence-corrected chi connectivity index (χ4v) is 1.48. The van der Waals surface area contributed by atoms with Crippen LogP contribution in [0.15, 0.2) is 30.6 Å². The van der Waals surface area contributed by atoms with Crippen LogP contribution in [0.1, 0.15) is 5.56 Å². The molecule has 0 aliphatic rings. The first-order valence-electron chi connectivity index (χ1n) is 5.32. The maximum Gasteiger partial charge on any atom is 0.311 e. The number of hydrogen-bond acceptors (Lipinski definition) is 7. The molecule has 0 saturated carbocycles. The zero-order valence-electron chi connectivity index (χ0n) is 10.0. The van der Waals surface area contributed by atoms with Gasteiger partial charge in [0, 0.05) is 6.07 Å². The van der Waals surface area contributed by atoms with Crippen molar-refractivity contribution in [2.75, 3.05) is 5.43 Å². The van der Waals surface area contributed by atoms with E-state index in [0.717, 1.165) is 0 Å². The highest BCUT2D eigenvalue weighted by Gasteiger charge is 2.18. The van der Waals surface area contributed by atoms with Crippen LogP contribution in [0, 0.1) is 17.0 Å². The Hall–Kier alpha value is -2.74. The summed E-state index contributed by atoms with van der Waals surface area (Å²) in [5, 5.41) is 10.9. The monoisotopic (exact) mass is 261 g/mol. The van der Waals surface area contributed by atoms with Crippen molar-refractivity contribution < 1.29 is 9.66 Å². The topological polar surface area (TPSA) is 116 Å². The molecular weight excluding hydrogens is 250 g/mol. The summed E-state index contributed by atoms with van der Waals surface area (Å²) in [7, 11) is 0. The number of nitrogens with one attached hydrogen (secondary N) is 1. The minimum absolute atomic E-state index is 0.118. The molecule has 0 fully saturated rings. The van der Waals surface area contributed by atoms with Gasteiger partial charge in [0.05, 0.1) is 17.3 Å². The standard InChI is InChI=1S/C11H11N5O3/c1-7-3-2-4-8(16(17)18)11(7)19-10-6-13-5-9(14-10)15-12/h2-6H,12H2,1H3,(H,14,15). The van der Waals surface area contributed by atoms with Gasteiger partial charge in [-0.05, 0) is 12.5 Å². The van der Waals surface area contributed by atoms with Gasteiger partial charge in [-0.1, -0.05) is 12.1 Å². The van der Waals surface area contributed by atoms with Crippen LogP contribution in [-0.4, -0.2) is 14.9 Å². The van der Waals surface area contributed by atoms with E-state index in [1.165, 1.54) is 18.5 Å². The van der Waals surface area contributed by atoms with E-state index in [1.807, 2.05) is 0 Å². The van der Waals surface area contributed by atoms with Crippen molar-refractivity contribution in [1.29, 1.82) is 0 Å². The molecule has 8 nitrogen and oxygen atoms in total. The van der Waals surface area contributed by atoms with Gasteiger partial charge in [-0.3, -0.25) is 15.1 Å². The number of para-hydroxylation sites is 1. The summed E-state index contributed by atoms with van der Waals surface area (Å²) in [6.07, 6.45) is 2.75. The van der Waals surface area contributed by atoms with Crippen molar-refractivity contribution in [3.8, 4) is 11.6 Å². The van der Waals surface area contributed by atoms with Gasteiger partial charge in [0.1, 0.15) is 0 Å². The summed E-state index contributed by atoms with van der Waals surface area (Å²) in [6, 6.07) is 4.66. The Labute approximate surface area is 108 Å². The Balaban J connectivity index is 2.40. The molecule has 98 valence electrons. The second kappa shape index (κ2) is 5.27. The molecule has 3 N–H and O–H groups in total. The lowest BCUT2D eigenvalue weighted by molar-refractivity contribution is -0.385. The summed E-state index contributed by atoms with van der Waals surface area (Å²) in [4.78, 5) is 18.3. The third-order valence-electron chi connectivity index (χ3n) is 2.35. The van der Waals surface area contributed by atoms with E-state index in [9.17, 15) is 10.1 Å². The van der Waals surface area contributed by atoms with E-state index in [2.05, 4.69) is 15.4 Å². The van der Waals surface area contributed by atoms with Crippen molar-refractivity contribution in [2.24, 2.45) is 5.84 Å². The van der Waals surface area contributed by atoms with E-state index >= 15 is 0 Å². The van der Waals surface area contributed by atoms with E-state index in [-0.39, 0.29) is 17.3 Å². The minimum atomic E-state index is -0.513. The molecule has 0 unspecified atom stereocenters. The first-order chi connectivity index (χ1) is 9.11. The van der Waals surface area contributed by atoms with Gasteiger partial charge in [-0.2, -0.15) is 4.98 Å². The summed E-state index contributed by atoms with van der Waals surface area (Å²) in [5.41, 5.74) is 2.81. The number of aryl methyl sites for hydroxylation is 1. The number of nitrogens with zero attached hydrogens (tertiary/aromatic N) is 3. The Morgan fingerprint density at radius 2 is 2.21 bits per heavy atom. The Morgan fingerprint density at radius 3 is 2.89 bits per heavy atom. The molecule has 19 heavy (non-hydrogen) atoms. The molecule has 2 aromatic rings. The first kappa shape index (κ1) is 12.7. The van der Waals surface area contributed by atoms with E-state index < -0.39 is 4.92 Å². The molecule has 8 heteroatoms. The molecule has 0 amide bonds. The first-order valence-corrected chi connectivity index (χ1v) is 5.32. The molecular formula is C11H11N5O3. The molecule has 0 bridgehead atoms. The molecule has 1 aromatic heterocycles. The zero-order valence-corrected chi connectivity index (χ0v) is 10.0. The summed E-state index contributed by atoms with van der Waals surface area (Å²) in [5.74, 6) is 5.76. The summed E-state index contributed by atoms with van der Waals surface area (Å²) < 4.78 is 5.43. The smallest absolute Gasteiger partial charge is 0.311 e. The average Bonchev–Trinajstić information content (AvgIpc) is 2.41. The molecule has 0 radical (unpaired) electrons. The molecule has 0 atom stereocenters. The van der Waals surface area contributed by atoms with Crippen LogP contribution in [-0.2, 0) is 0 Å². The van der Waals surface area contributed by atoms with Crippen molar-refractivity contribution in [2.45, 2.75) is 6.92 Å². The van der Waals surface area contributed by atoms with Crippen molar-refractivity contribution in [3.63, 3.8) is 0 Å². The number of nitrogen functional groups attached to an aromatic ring is 1. The Kier molecular flexibility index (Phi) is 3.53. The van der Waals surface area contributed by atoms with E-state index in [1.54, 1.807) is 19.1 Å². The number of hydrazine groups is 1. The van der Waals surface area contributed by atoms with Gasteiger partial charge in [0.2, 0.25) is 11.6 Å². The summed E-state index contributed by atoms with van der Waals surface area (Å²) >= 11 is 0. The van der Waals surface area contributed by atoms with Gasteiger partial charge in [-0.25, -0.2) is 5.84 Å². The number of nitro benzene ring substituents is 1. The number of nitrogens with two attached hydrogens (primary N) is 1. The second-order valence-electron chi connectivity index (χ2n) is 3.67. The number of anilines is 1. The minimum Gasteiger partial charge on any atom is -0.430 e. The van der Waals surface area contributed by atoms with Crippen molar-refractivity contribution in [1.82, 2.24) is 9.97 Å². The van der Waals surface area contributed by atoms with Gasteiger partial charge < -0.3 is 10.2 Å². The maximum atomic E-state index is 10.9. The van der Waals surface area contributed by atoms with Gasteiger partial charge >= 0.3 is 5.69 Å². The largest absolute Gasteiger partial charge is 0.430 e. The van der Waals surface area contributed by atoms with Crippen LogP contribution < -0.4 is 16.0 Å². The summed E-state index contributed by atoms with van der Waals surface area (Å²) in [6.45, 7) is 1.71. The second-order valence-corrected chi connectivity index (χ2v) is 3.67. The molecule has 0 aliphatic carbocycles. The normalized spacial score (nSPS) is 10.0. The number of aromatic nitrogens is 2. The molecule has 0 saturated heterocycles. The third-order valence-corrected chi connectivity index (χ3v) is 2.35. The third kappa shape index (κ3) is 2.75. The average molecular weight is 261 g/mol. The fraction of sp³-hybridized carbons (Fsp3) is 0.0909. The lowest BCUT2D eigenvalue weighted by atomic mass is 10.2. The van der Waals surface area contributed by atoms with Crippen LogP contribution in [0.2, 0.25) is 0 Å². The lowest BCUT2D eigenvalue weighted by Crippen LogP contribution is -2.09. The lowest BCUT2D eigenvalue weighted by Gasteiger charge is -2.08. The predicted molar refractivity (Wildman–Crippen MR) is 67.7 cm³/mol. The highest BCUT2D eigenvalue weighted by atomic mass is 16.6. The van der Waals surface area contributed by atoms with Crippen LogP contribution in [0.25, 0.3) is 0 Å². The number of hydrogen-bond donors (Lipinski definition) is 2. The molecule has 1 aromatic carbocycles. The van der Waals surface area contributed by atoms with Crippen molar-refractivity contribution >= 4 is 11.5 Å². The SMILES string of the molecule is Cc1cccc([N+](=O)[O-])c1Oc1cncc(NN)n1. The fourth-order valence-electron chi connectivity index (χ4n) is 1.48. The Bertz CT molecular complexity index is 617. The molecule has 1 heterocycles. The molecule has 2 rings (SSSR count). The van der Waals surface area contributed by atoms with Crippen LogP contribution in [0.5, 0.6) is 11.6 Å². The van der Waals surface area contributed by atoms with Gasteiger partial charge in [0.15, 0.2) is 5.82 Å². The van der Waals surface area contributed by atoms with Crippen molar-refractivity contribution in [3.05, 3.63) is 46.3 Å². The maximum absolute atomic E-state index is 10.9. The van der Waals surface area contributed by atoms with Gasteiger partial charge in [0.25, 0.3) is 0 Å².